The second kappa shape index (κ2) is 11.1. The maximum absolute atomic E-state index is 14.0. The van der Waals surface area contributed by atoms with E-state index in [2.05, 4.69) is 32.9 Å². The zero-order chi connectivity index (χ0) is 28.4. The molecule has 0 N–H and O–H groups in total. The Morgan fingerprint density at radius 3 is 2.27 bits per heavy atom. The van der Waals surface area contributed by atoms with Crippen LogP contribution in [0.1, 0.15) is 56.0 Å². The standard InChI is InChI=1S/C33H32N2O4S/c1-6-39-31(37)27-28(22-10-8-7-9-11-22)34-32-35(29(27)23-14-18-25(38-5)19-15-23)30(36)26(40-32)20-21-12-16-24(17-13-21)33(2,3)4/h7-20,29H,6H2,1-5H3/b26-20-/t29-/m1/s1. The van der Waals surface area contributed by atoms with Crippen molar-refractivity contribution < 1.29 is 14.3 Å². The number of rotatable bonds is 6. The van der Waals surface area contributed by atoms with Crippen molar-refractivity contribution in [3.63, 3.8) is 0 Å². The summed E-state index contributed by atoms with van der Waals surface area (Å²) >= 11 is 1.32. The Bertz CT molecular complexity index is 1740. The molecule has 0 saturated heterocycles. The van der Waals surface area contributed by atoms with Gasteiger partial charge in [-0.05, 0) is 47.2 Å². The summed E-state index contributed by atoms with van der Waals surface area (Å²) in [5.74, 6) is 0.178. The minimum Gasteiger partial charge on any atom is -0.497 e. The van der Waals surface area contributed by atoms with Crippen LogP contribution in [0.25, 0.3) is 11.8 Å². The van der Waals surface area contributed by atoms with E-state index in [1.165, 1.54) is 16.9 Å². The molecular formula is C33H32N2O4S. The van der Waals surface area contributed by atoms with Crippen LogP contribution < -0.4 is 19.6 Å². The predicted molar refractivity (Wildman–Crippen MR) is 159 cm³/mol. The Morgan fingerprint density at radius 2 is 1.68 bits per heavy atom. The summed E-state index contributed by atoms with van der Waals surface area (Å²) in [7, 11) is 1.60. The van der Waals surface area contributed by atoms with Crippen molar-refractivity contribution in [2.24, 2.45) is 4.99 Å². The first kappa shape index (κ1) is 27.3. The molecule has 0 radical (unpaired) electrons. The number of benzene rings is 3. The third-order valence-electron chi connectivity index (χ3n) is 6.88. The van der Waals surface area contributed by atoms with Gasteiger partial charge in [0.25, 0.3) is 5.56 Å². The van der Waals surface area contributed by atoms with Gasteiger partial charge < -0.3 is 9.47 Å². The first-order valence-corrected chi connectivity index (χ1v) is 14.1. The van der Waals surface area contributed by atoms with Gasteiger partial charge in [-0.3, -0.25) is 9.36 Å². The van der Waals surface area contributed by atoms with Gasteiger partial charge in [0.15, 0.2) is 4.80 Å². The first-order valence-electron chi connectivity index (χ1n) is 13.2. The van der Waals surface area contributed by atoms with Crippen molar-refractivity contribution in [1.82, 2.24) is 4.57 Å². The Labute approximate surface area is 237 Å². The van der Waals surface area contributed by atoms with Gasteiger partial charge in [-0.15, -0.1) is 0 Å². The van der Waals surface area contributed by atoms with Gasteiger partial charge in [0.2, 0.25) is 0 Å². The van der Waals surface area contributed by atoms with Crippen molar-refractivity contribution >= 4 is 29.1 Å². The summed E-state index contributed by atoms with van der Waals surface area (Å²) in [6, 6.07) is 24.5. The lowest BCUT2D eigenvalue weighted by molar-refractivity contribution is -0.138. The molecule has 1 aromatic heterocycles. The van der Waals surface area contributed by atoms with Crippen LogP contribution in [0.15, 0.2) is 94.2 Å². The molecule has 4 aromatic rings. The van der Waals surface area contributed by atoms with Crippen molar-refractivity contribution in [3.8, 4) is 5.75 Å². The van der Waals surface area contributed by atoms with Crippen LogP contribution in [0, 0.1) is 0 Å². The largest absolute Gasteiger partial charge is 0.497 e. The molecule has 1 aliphatic heterocycles. The van der Waals surface area contributed by atoms with E-state index < -0.39 is 12.0 Å². The van der Waals surface area contributed by atoms with Crippen molar-refractivity contribution in [2.75, 3.05) is 13.7 Å². The number of hydrogen-bond acceptors (Lipinski definition) is 6. The topological polar surface area (TPSA) is 69.9 Å². The second-order valence-electron chi connectivity index (χ2n) is 10.6. The van der Waals surface area contributed by atoms with Gasteiger partial charge in [-0.25, -0.2) is 9.79 Å². The molecule has 0 saturated carbocycles. The van der Waals surface area contributed by atoms with Gasteiger partial charge in [-0.1, -0.05) is 98.8 Å². The van der Waals surface area contributed by atoms with Crippen LogP contribution in [0.3, 0.4) is 0 Å². The quantitative estimate of drug-likeness (QED) is 0.307. The number of methoxy groups -OCH3 is 1. The summed E-state index contributed by atoms with van der Waals surface area (Å²) in [5.41, 5.74) is 4.33. The number of fused-ring (bicyclic) bond motifs is 1. The summed E-state index contributed by atoms with van der Waals surface area (Å²) in [6.45, 7) is 8.48. The minimum absolute atomic E-state index is 0.0353. The maximum Gasteiger partial charge on any atom is 0.338 e. The maximum atomic E-state index is 14.0. The number of carbonyl (C=O) groups excluding carboxylic acids is 1. The lowest BCUT2D eigenvalue weighted by Gasteiger charge is -2.26. The number of thiazole rings is 1. The molecule has 5 rings (SSSR count). The highest BCUT2D eigenvalue weighted by molar-refractivity contribution is 7.07. The van der Waals surface area contributed by atoms with Gasteiger partial charge in [0, 0.05) is 5.56 Å². The van der Waals surface area contributed by atoms with Crippen molar-refractivity contribution in [3.05, 3.63) is 126 Å². The Balaban J connectivity index is 1.76. The van der Waals surface area contributed by atoms with Gasteiger partial charge in [0.05, 0.1) is 35.6 Å². The molecule has 0 spiro atoms. The fourth-order valence-electron chi connectivity index (χ4n) is 4.77. The summed E-state index contributed by atoms with van der Waals surface area (Å²) in [5, 5.41) is 0. The lowest BCUT2D eigenvalue weighted by atomic mass is 9.87. The number of nitrogens with zero attached hydrogens (tertiary/aromatic N) is 2. The SMILES string of the molecule is CCOC(=O)C1=C(c2ccccc2)N=c2s/c(=C\c3ccc(C(C)(C)C)cc3)c(=O)n2[C@@H]1c1ccc(OC)cc1. The molecule has 2 heterocycles. The van der Waals surface area contributed by atoms with Crippen molar-refractivity contribution in [1.29, 1.82) is 0 Å². The molecule has 0 amide bonds. The number of hydrogen-bond donors (Lipinski definition) is 0. The Kier molecular flexibility index (Phi) is 7.59. The molecule has 204 valence electrons. The van der Waals surface area contributed by atoms with Gasteiger partial charge >= 0.3 is 5.97 Å². The number of esters is 1. The van der Waals surface area contributed by atoms with E-state index in [-0.39, 0.29) is 17.6 Å². The van der Waals surface area contributed by atoms with E-state index in [1.54, 1.807) is 18.6 Å². The highest BCUT2D eigenvalue weighted by Gasteiger charge is 2.35. The molecule has 3 aromatic carbocycles. The fourth-order valence-corrected chi connectivity index (χ4v) is 5.77. The van der Waals surface area contributed by atoms with Crippen LogP contribution in [0.4, 0.5) is 0 Å². The highest BCUT2D eigenvalue weighted by atomic mass is 32.1. The molecule has 0 aliphatic carbocycles. The molecular weight excluding hydrogens is 520 g/mol. The molecule has 40 heavy (non-hydrogen) atoms. The molecule has 1 aliphatic rings. The first-order chi connectivity index (χ1) is 19.2. The predicted octanol–water partition coefficient (Wildman–Crippen LogP) is 5.24. The number of aromatic nitrogens is 1. The Hall–Kier alpha value is -4.23. The fraction of sp³-hybridized carbons (Fsp3) is 0.242. The van der Waals surface area contributed by atoms with E-state index in [9.17, 15) is 9.59 Å². The van der Waals surface area contributed by atoms with E-state index in [0.29, 0.717) is 26.4 Å². The van der Waals surface area contributed by atoms with E-state index in [1.807, 2.05) is 72.8 Å². The van der Waals surface area contributed by atoms with E-state index >= 15 is 0 Å². The van der Waals surface area contributed by atoms with E-state index in [0.717, 1.165) is 16.7 Å². The molecule has 0 bridgehead atoms. The average Bonchev–Trinajstić information content (AvgIpc) is 3.26. The number of ether oxygens (including phenoxy) is 2. The summed E-state index contributed by atoms with van der Waals surface area (Å²) in [4.78, 5) is 33.0. The lowest BCUT2D eigenvalue weighted by Crippen LogP contribution is -2.40. The highest BCUT2D eigenvalue weighted by Crippen LogP contribution is 2.35. The van der Waals surface area contributed by atoms with Crippen molar-refractivity contribution in [2.45, 2.75) is 39.2 Å². The second-order valence-corrected chi connectivity index (χ2v) is 11.6. The Morgan fingerprint density at radius 1 is 1.00 bits per heavy atom. The zero-order valence-electron chi connectivity index (χ0n) is 23.3. The summed E-state index contributed by atoms with van der Waals surface area (Å²) in [6.07, 6.45) is 1.89. The van der Waals surface area contributed by atoms with Crippen LogP contribution in [0.2, 0.25) is 0 Å². The van der Waals surface area contributed by atoms with E-state index in [4.69, 9.17) is 14.5 Å². The van der Waals surface area contributed by atoms with Crippen LogP contribution in [0.5, 0.6) is 5.75 Å². The molecule has 7 heteroatoms. The van der Waals surface area contributed by atoms with Gasteiger partial charge in [-0.2, -0.15) is 0 Å². The number of carbonyl (C=O) groups is 1. The van der Waals surface area contributed by atoms with Crippen LogP contribution >= 0.6 is 11.3 Å². The third-order valence-corrected chi connectivity index (χ3v) is 7.86. The smallest absolute Gasteiger partial charge is 0.338 e. The monoisotopic (exact) mass is 552 g/mol. The molecule has 1 atom stereocenters. The van der Waals surface area contributed by atoms with Crippen LogP contribution in [-0.2, 0) is 14.9 Å². The van der Waals surface area contributed by atoms with Crippen LogP contribution in [-0.4, -0.2) is 24.3 Å². The summed E-state index contributed by atoms with van der Waals surface area (Å²) < 4.78 is 13.0. The minimum atomic E-state index is -0.721. The normalized spacial score (nSPS) is 15.4. The van der Waals surface area contributed by atoms with Gasteiger partial charge in [0.1, 0.15) is 5.75 Å². The molecule has 0 fully saturated rings. The zero-order valence-corrected chi connectivity index (χ0v) is 24.1. The third kappa shape index (κ3) is 5.29. The molecule has 0 unspecified atom stereocenters. The average molecular weight is 553 g/mol. The molecule has 6 nitrogen and oxygen atoms in total.